The molecule has 2 aromatic rings. The van der Waals surface area contributed by atoms with Crippen LogP contribution in [0.3, 0.4) is 0 Å². The lowest BCUT2D eigenvalue weighted by molar-refractivity contribution is -0.148. The summed E-state index contributed by atoms with van der Waals surface area (Å²) in [5.74, 6) is -1.09. The van der Waals surface area contributed by atoms with Gasteiger partial charge in [-0.2, -0.15) is 0 Å². The van der Waals surface area contributed by atoms with Crippen LogP contribution in [0.1, 0.15) is 18.4 Å². The molecule has 1 atom stereocenters. The molecule has 1 aromatic heterocycles. The minimum absolute atomic E-state index is 0.114. The molecule has 0 fully saturated rings. The van der Waals surface area contributed by atoms with Gasteiger partial charge in [0.2, 0.25) is 0 Å². The van der Waals surface area contributed by atoms with Crippen LogP contribution in [0.2, 0.25) is 0 Å². The Morgan fingerprint density at radius 2 is 2.37 bits per heavy atom. The third-order valence-corrected chi connectivity index (χ3v) is 3.22. The van der Waals surface area contributed by atoms with Gasteiger partial charge in [-0.25, -0.2) is 0 Å². The van der Waals surface area contributed by atoms with E-state index in [1.54, 1.807) is 19.2 Å². The number of benzene rings is 1. The van der Waals surface area contributed by atoms with Gasteiger partial charge < -0.3 is 14.5 Å². The molecule has 98 valence electrons. The highest BCUT2D eigenvalue weighted by Crippen LogP contribution is 2.36. The molecule has 1 N–H and O–H groups in total. The van der Waals surface area contributed by atoms with E-state index in [0.717, 1.165) is 10.9 Å². The lowest BCUT2D eigenvalue weighted by Crippen LogP contribution is -2.26. The van der Waals surface area contributed by atoms with Crippen molar-refractivity contribution in [1.29, 1.82) is 0 Å². The van der Waals surface area contributed by atoms with Crippen molar-refractivity contribution < 1.29 is 19.1 Å². The van der Waals surface area contributed by atoms with E-state index in [-0.39, 0.29) is 19.0 Å². The molecular formula is C14H13NO4. The van der Waals surface area contributed by atoms with E-state index in [4.69, 9.17) is 9.47 Å². The highest BCUT2D eigenvalue weighted by Gasteiger charge is 2.35. The molecule has 19 heavy (non-hydrogen) atoms. The zero-order valence-corrected chi connectivity index (χ0v) is 10.4. The van der Waals surface area contributed by atoms with Crippen LogP contribution < -0.4 is 4.74 Å². The van der Waals surface area contributed by atoms with Crippen molar-refractivity contribution in [3.05, 3.63) is 30.0 Å². The van der Waals surface area contributed by atoms with E-state index in [9.17, 15) is 9.59 Å². The second-order valence-electron chi connectivity index (χ2n) is 4.36. The molecule has 0 spiro atoms. The van der Waals surface area contributed by atoms with Crippen LogP contribution in [0.5, 0.6) is 5.75 Å². The predicted molar refractivity (Wildman–Crippen MR) is 68.2 cm³/mol. The van der Waals surface area contributed by atoms with Crippen LogP contribution >= 0.6 is 0 Å². The number of Topliss-reactive ketones (excluding diaryl/α,β-unsaturated/α-hetero) is 1. The maximum Gasteiger partial charge on any atom is 0.321 e. The number of rotatable bonds is 2. The van der Waals surface area contributed by atoms with Crippen molar-refractivity contribution in [1.82, 2.24) is 4.98 Å². The van der Waals surface area contributed by atoms with Crippen LogP contribution in [-0.4, -0.2) is 30.0 Å². The van der Waals surface area contributed by atoms with Gasteiger partial charge in [0.25, 0.3) is 0 Å². The van der Waals surface area contributed by atoms with Crippen LogP contribution in [0, 0.1) is 0 Å². The van der Waals surface area contributed by atoms with E-state index >= 15 is 0 Å². The summed E-state index contributed by atoms with van der Waals surface area (Å²) >= 11 is 0. The van der Waals surface area contributed by atoms with Gasteiger partial charge in [-0.3, -0.25) is 9.59 Å². The Bertz CT molecular complexity index is 659. The van der Waals surface area contributed by atoms with Crippen LogP contribution in [0.15, 0.2) is 24.4 Å². The summed E-state index contributed by atoms with van der Waals surface area (Å²) in [7, 11) is 0. The number of esters is 1. The Balaban J connectivity index is 2.18. The maximum atomic E-state index is 12.1. The smallest absolute Gasteiger partial charge is 0.321 e. The largest absolute Gasteiger partial charge is 0.485 e. The molecule has 0 radical (unpaired) electrons. The second-order valence-corrected chi connectivity index (χ2v) is 4.36. The zero-order valence-electron chi connectivity index (χ0n) is 10.4. The van der Waals surface area contributed by atoms with Crippen LogP contribution in [0.4, 0.5) is 0 Å². The molecule has 5 nitrogen and oxygen atoms in total. The Morgan fingerprint density at radius 1 is 1.53 bits per heavy atom. The molecule has 1 unspecified atom stereocenters. The van der Waals surface area contributed by atoms with Gasteiger partial charge in [-0.15, -0.1) is 0 Å². The first-order chi connectivity index (χ1) is 9.22. The third kappa shape index (κ3) is 1.78. The number of aromatic amines is 1. The summed E-state index contributed by atoms with van der Waals surface area (Å²) in [4.78, 5) is 27.1. The molecule has 1 aromatic carbocycles. The lowest BCUT2D eigenvalue weighted by atomic mass is 9.95. The molecular weight excluding hydrogens is 246 g/mol. The summed E-state index contributed by atoms with van der Waals surface area (Å²) in [6.07, 6.45) is 1.68. The van der Waals surface area contributed by atoms with Gasteiger partial charge in [0.15, 0.2) is 5.78 Å². The SMILES string of the molecule is CCOC(=O)C1C(=O)COc2cccc3[nH]cc1c23. The summed E-state index contributed by atoms with van der Waals surface area (Å²) in [5, 5.41) is 0.784. The molecule has 0 saturated carbocycles. The van der Waals surface area contributed by atoms with Gasteiger partial charge in [0.1, 0.15) is 18.3 Å². The number of H-pyrrole nitrogens is 1. The van der Waals surface area contributed by atoms with Crippen molar-refractivity contribution in [3.8, 4) is 5.75 Å². The first kappa shape index (κ1) is 11.8. The Hall–Kier alpha value is -2.30. The molecule has 5 heteroatoms. The van der Waals surface area contributed by atoms with Gasteiger partial charge >= 0.3 is 5.97 Å². The number of aromatic nitrogens is 1. The topological polar surface area (TPSA) is 68.4 Å². The van der Waals surface area contributed by atoms with Crippen molar-refractivity contribution >= 4 is 22.7 Å². The summed E-state index contributed by atoms with van der Waals surface area (Å²) < 4.78 is 10.5. The second kappa shape index (κ2) is 4.42. The highest BCUT2D eigenvalue weighted by molar-refractivity contribution is 6.10. The average Bonchev–Trinajstić information content (AvgIpc) is 2.75. The molecule has 3 rings (SSSR count). The summed E-state index contributed by atoms with van der Waals surface area (Å²) in [5.41, 5.74) is 1.48. The molecule has 0 amide bonds. The van der Waals surface area contributed by atoms with Gasteiger partial charge in [0, 0.05) is 22.7 Å². The van der Waals surface area contributed by atoms with E-state index in [1.165, 1.54) is 0 Å². The molecule has 2 heterocycles. The molecule has 1 aliphatic heterocycles. The fourth-order valence-electron chi connectivity index (χ4n) is 2.41. The minimum atomic E-state index is -0.905. The third-order valence-electron chi connectivity index (χ3n) is 3.22. The summed E-state index contributed by atoms with van der Waals surface area (Å²) in [6, 6.07) is 5.51. The standard InChI is InChI=1S/C14H13NO4/c1-2-18-14(17)13-8-6-15-9-4-3-5-11(12(8)9)19-7-10(13)16/h3-6,13,15H,2,7H2,1H3. The number of ketones is 1. The minimum Gasteiger partial charge on any atom is -0.485 e. The van der Waals surface area contributed by atoms with Gasteiger partial charge in [-0.05, 0) is 19.1 Å². The molecule has 0 bridgehead atoms. The Labute approximate surface area is 109 Å². The molecule has 0 aliphatic carbocycles. The van der Waals surface area contributed by atoms with Gasteiger partial charge in [0.05, 0.1) is 6.61 Å². The average molecular weight is 259 g/mol. The monoisotopic (exact) mass is 259 g/mol. The highest BCUT2D eigenvalue weighted by atomic mass is 16.5. The maximum absolute atomic E-state index is 12.1. The van der Waals surface area contributed by atoms with E-state index in [1.807, 2.05) is 12.1 Å². The first-order valence-electron chi connectivity index (χ1n) is 6.14. The van der Waals surface area contributed by atoms with Crippen molar-refractivity contribution in [3.63, 3.8) is 0 Å². The lowest BCUT2D eigenvalue weighted by Gasteiger charge is -2.10. The zero-order chi connectivity index (χ0) is 13.4. The number of carbonyl (C=O) groups is 2. The number of hydrogen-bond acceptors (Lipinski definition) is 4. The summed E-state index contributed by atoms with van der Waals surface area (Å²) in [6.45, 7) is 1.85. The fourth-order valence-corrected chi connectivity index (χ4v) is 2.41. The van der Waals surface area contributed by atoms with Crippen molar-refractivity contribution in [2.24, 2.45) is 0 Å². The van der Waals surface area contributed by atoms with Crippen LogP contribution in [-0.2, 0) is 14.3 Å². The normalized spacial score (nSPS) is 17.9. The predicted octanol–water partition coefficient (Wildman–Crippen LogP) is 1.78. The van der Waals surface area contributed by atoms with E-state index in [2.05, 4.69) is 4.98 Å². The Morgan fingerprint density at radius 3 is 3.16 bits per heavy atom. The number of carbonyl (C=O) groups excluding carboxylic acids is 2. The quantitative estimate of drug-likeness (QED) is 0.659. The number of ether oxygens (including phenoxy) is 2. The molecule has 0 saturated heterocycles. The number of nitrogens with one attached hydrogen (secondary N) is 1. The van der Waals surface area contributed by atoms with Crippen LogP contribution in [0.25, 0.3) is 10.9 Å². The van der Waals surface area contributed by atoms with E-state index in [0.29, 0.717) is 11.3 Å². The Kier molecular flexibility index (Phi) is 2.74. The van der Waals surface area contributed by atoms with Gasteiger partial charge in [-0.1, -0.05) is 6.07 Å². The van der Waals surface area contributed by atoms with Crippen molar-refractivity contribution in [2.75, 3.05) is 13.2 Å². The number of hydrogen-bond donors (Lipinski definition) is 1. The first-order valence-corrected chi connectivity index (χ1v) is 6.14. The van der Waals surface area contributed by atoms with Crippen molar-refractivity contribution in [2.45, 2.75) is 12.8 Å². The fraction of sp³-hybridized carbons (Fsp3) is 0.286. The van der Waals surface area contributed by atoms with E-state index < -0.39 is 11.9 Å². The molecule has 1 aliphatic rings.